The predicted molar refractivity (Wildman–Crippen MR) is 73.9 cm³/mol. The molecule has 4 nitrogen and oxygen atoms in total. The van der Waals surface area contributed by atoms with Gasteiger partial charge >= 0.3 is 0 Å². The molecule has 7 heteroatoms. The van der Waals surface area contributed by atoms with Gasteiger partial charge in [-0.1, -0.05) is 22.9 Å². The van der Waals surface area contributed by atoms with E-state index in [9.17, 15) is 4.39 Å². The van der Waals surface area contributed by atoms with E-state index in [0.717, 1.165) is 11.6 Å². The van der Waals surface area contributed by atoms with Crippen LogP contribution < -0.4 is 5.32 Å². The third-order valence-electron chi connectivity index (χ3n) is 2.39. The zero-order valence-electron chi connectivity index (χ0n) is 10.3. The van der Waals surface area contributed by atoms with Crippen LogP contribution >= 0.6 is 22.9 Å². The molecule has 1 aromatic heterocycles. The standard InChI is InChI=1S/C12H13ClFN3OS/c1-18-5-4-15-7-11-16-17-12(19-11)9-3-2-8(14)6-10(9)13/h2-3,6,15H,4-5,7H2,1H3. The number of hydrogen-bond acceptors (Lipinski definition) is 5. The molecule has 0 amide bonds. The van der Waals surface area contributed by atoms with Gasteiger partial charge in [-0.3, -0.25) is 0 Å². The molecule has 0 aliphatic heterocycles. The van der Waals surface area contributed by atoms with Crippen molar-refractivity contribution in [1.29, 1.82) is 0 Å². The van der Waals surface area contributed by atoms with Gasteiger partial charge in [0.2, 0.25) is 0 Å². The Morgan fingerprint density at radius 2 is 2.26 bits per heavy atom. The summed E-state index contributed by atoms with van der Waals surface area (Å²) in [5, 5.41) is 13.2. The number of hydrogen-bond donors (Lipinski definition) is 1. The van der Waals surface area contributed by atoms with Crippen molar-refractivity contribution in [2.45, 2.75) is 6.54 Å². The lowest BCUT2D eigenvalue weighted by atomic mass is 10.2. The lowest BCUT2D eigenvalue weighted by molar-refractivity contribution is 0.199. The van der Waals surface area contributed by atoms with E-state index in [1.165, 1.54) is 23.5 Å². The second kappa shape index (κ2) is 6.91. The Labute approximate surface area is 119 Å². The second-order valence-corrected chi connectivity index (χ2v) is 5.26. The molecule has 1 N–H and O–H groups in total. The number of halogens is 2. The van der Waals surface area contributed by atoms with Crippen molar-refractivity contribution in [3.63, 3.8) is 0 Å². The van der Waals surface area contributed by atoms with Crippen LogP contribution in [0.5, 0.6) is 0 Å². The molecule has 19 heavy (non-hydrogen) atoms. The Bertz CT molecular complexity index is 550. The van der Waals surface area contributed by atoms with Gasteiger partial charge < -0.3 is 10.1 Å². The van der Waals surface area contributed by atoms with Gasteiger partial charge in [-0.2, -0.15) is 0 Å². The monoisotopic (exact) mass is 301 g/mol. The smallest absolute Gasteiger partial charge is 0.149 e. The molecule has 0 atom stereocenters. The topological polar surface area (TPSA) is 47.0 Å². The van der Waals surface area contributed by atoms with Crippen molar-refractivity contribution >= 4 is 22.9 Å². The zero-order chi connectivity index (χ0) is 13.7. The Morgan fingerprint density at radius 1 is 1.42 bits per heavy atom. The summed E-state index contributed by atoms with van der Waals surface area (Å²) in [6.07, 6.45) is 0. The van der Waals surface area contributed by atoms with Gasteiger partial charge in [0.1, 0.15) is 15.8 Å². The molecule has 0 unspecified atom stereocenters. The van der Waals surface area contributed by atoms with Crippen LogP contribution in [0, 0.1) is 5.82 Å². The molecule has 0 aliphatic rings. The minimum Gasteiger partial charge on any atom is -0.383 e. The van der Waals surface area contributed by atoms with Crippen molar-refractivity contribution in [2.24, 2.45) is 0 Å². The first-order valence-corrected chi connectivity index (χ1v) is 6.87. The number of nitrogens with zero attached hydrogens (tertiary/aromatic N) is 2. The molecule has 0 aliphatic carbocycles. The van der Waals surface area contributed by atoms with E-state index in [1.807, 2.05) is 0 Å². The number of methoxy groups -OCH3 is 1. The van der Waals surface area contributed by atoms with Crippen LogP contribution in [0.25, 0.3) is 10.6 Å². The minimum absolute atomic E-state index is 0.343. The maximum Gasteiger partial charge on any atom is 0.149 e. The Morgan fingerprint density at radius 3 is 3.00 bits per heavy atom. The van der Waals surface area contributed by atoms with Gasteiger partial charge in [0.05, 0.1) is 11.6 Å². The van der Waals surface area contributed by atoms with Gasteiger partial charge in [0.25, 0.3) is 0 Å². The van der Waals surface area contributed by atoms with Gasteiger partial charge in [0.15, 0.2) is 0 Å². The highest BCUT2D eigenvalue weighted by Crippen LogP contribution is 2.30. The first kappa shape index (κ1) is 14.3. The summed E-state index contributed by atoms with van der Waals surface area (Å²) in [5.74, 6) is -0.361. The van der Waals surface area contributed by atoms with Crippen molar-refractivity contribution < 1.29 is 9.13 Å². The predicted octanol–water partition coefficient (Wildman–Crippen LogP) is 2.73. The number of ether oxygens (including phenoxy) is 1. The molecule has 0 saturated heterocycles. The van der Waals surface area contributed by atoms with E-state index in [4.69, 9.17) is 16.3 Å². The van der Waals surface area contributed by atoms with Crippen molar-refractivity contribution in [3.8, 4) is 10.6 Å². The summed E-state index contributed by atoms with van der Waals surface area (Å²) < 4.78 is 17.9. The lowest BCUT2D eigenvalue weighted by Crippen LogP contribution is -2.18. The fraction of sp³-hybridized carbons (Fsp3) is 0.333. The lowest BCUT2D eigenvalue weighted by Gasteiger charge is -2.00. The average Bonchev–Trinajstić information content (AvgIpc) is 2.83. The molecule has 102 valence electrons. The summed E-state index contributed by atoms with van der Waals surface area (Å²) >= 11 is 7.42. The maximum absolute atomic E-state index is 13.0. The molecule has 1 aromatic carbocycles. The molecule has 1 heterocycles. The third-order valence-corrected chi connectivity index (χ3v) is 3.66. The van der Waals surface area contributed by atoms with Gasteiger partial charge in [-0.05, 0) is 18.2 Å². The quantitative estimate of drug-likeness (QED) is 0.834. The summed E-state index contributed by atoms with van der Waals surface area (Å²) in [6.45, 7) is 2.03. The van der Waals surface area contributed by atoms with Crippen LogP contribution in [0.1, 0.15) is 5.01 Å². The second-order valence-electron chi connectivity index (χ2n) is 3.79. The van der Waals surface area contributed by atoms with E-state index >= 15 is 0 Å². The fourth-order valence-corrected chi connectivity index (χ4v) is 2.63. The number of nitrogens with one attached hydrogen (secondary N) is 1. The number of benzene rings is 1. The zero-order valence-corrected chi connectivity index (χ0v) is 11.9. The van der Waals surface area contributed by atoms with Crippen LogP contribution in [0.4, 0.5) is 4.39 Å². The number of rotatable bonds is 6. The summed E-state index contributed by atoms with van der Waals surface area (Å²) in [6, 6.07) is 4.24. The van der Waals surface area contributed by atoms with Crippen LogP contribution in [-0.2, 0) is 11.3 Å². The summed E-state index contributed by atoms with van der Waals surface area (Å²) in [7, 11) is 1.65. The van der Waals surface area contributed by atoms with Crippen molar-refractivity contribution in [1.82, 2.24) is 15.5 Å². The molecule has 2 aromatic rings. The molecule has 0 spiro atoms. The van der Waals surface area contributed by atoms with E-state index in [2.05, 4.69) is 15.5 Å². The molecule has 0 bridgehead atoms. The Hall–Kier alpha value is -1.08. The highest BCUT2D eigenvalue weighted by atomic mass is 35.5. The first-order chi connectivity index (χ1) is 9.20. The fourth-order valence-electron chi connectivity index (χ4n) is 1.47. The molecule has 0 radical (unpaired) electrons. The maximum atomic E-state index is 13.0. The van der Waals surface area contributed by atoms with Gasteiger partial charge in [-0.25, -0.2) is 4.39 Å². The summed E-state index contributed by atoms with van der Waals surface area (Å²) in [5.41, 5.74) is 0.698. The van der Waals surface area contributed by atoms with E-state index in [0.29, 0.717) is 28.7 Å². The van der Waals surface area contributed by atoms with Gasteiger partial charge in [-0.15, -0.1) is 10.2 Å². The van der Waals surface area contributed by atoms with Crippen LogP contribution in [0.3, 0.4) is 0 Å². The minimum atomic E-state index is -0.361. The Kier molecular flexibility index (Phi) is 5.21. The highest BCUT2D eigenvalue weighted by molar-refractivity contribution is 7.14. The molecular weight excluding hydrogens is 289 g/mol. The van der Waals surface area contributed by atoms with E-state index in [1.54, 1.807) is 13.2 Å². The number of aromatic nitrogens is 2. The van der Waals surface area contributed by atoms with Gasteiger partial charge in [0, 0.05) is 25.8 Å². The SMILES string of the molecule is COCCNCc1nnc(-c2ccc(F)cc2Cl)s1. The normalized spacial score (nSPS) is 10.9. The van der Waals surface area contributed by atoms with Crippen LogP contribution in [-0.4, -0.2) is 30.5 Å². The van der Waals surface area contributed by atoms with E-state index in [-0.39, 0.29) is 5.82 Å². The summed E-state index contributed by atoms with van der Waals surface area (Å²) in [4.78, 5) is 0. The first-order valence-electron chi connectivity index (χ1n) is 5.68. The third kappa shape index (κ3) is 3.94. The van der Waals surface area contributed by atoms with Crippen molar-refractivity contribution in [2.75, 3.05) is 20.3 Å². The molecule has 0 fully saturated rings. The van der Waals surface area contributed by atoms with Crippen molar-refractivity contribution in [3.05, 3.63) is 34.0 Å². The largest absolute Gasteiger partial charge is 0.383 e. The molecular formula is C12H13ClFN3OS. The van der Waals surface area contributed by atoms with E-state index < -0.39 is 0 Å². The molecule has 0 saturated carbocycles. The highest BCUT2D eigenvalue weighted by Gasteiger charge is 2.10. The van der Waals surface area contributed by atoms with Crippen LogP contribution in [0.2, 0.25) is 5.02 Å². The molecule has 2 rings (SSSR count). The Balaban J connectivity index is 2.04. The average molecular weight is 302 g/mol. The van der Waals surface area contributed by atoms with Crippen LogP contribution in [0.15, 0.2) is 18.2 Å².